The molecule has 0 aliphatic carbocycles. The fourth-order valence-corrected chi connectivity index (χ4v) is 2.51. The summed E-state index contributed by atoms with van der Waals surface area (Å²) in [7, 11) is 1.53. The molecule has 6 heteroatoms. The minimum absolute atomic E-state index is 0.299. The number of carbonyl (C=O) groups is 1. The largest absolute Gasteiger partial charge is 0.496 e. The van der Waals surface area contributed by atoms with Crippen molar-refractivity contribution in [3.05, 3.63) is 71.3 Å². The minimum atomic E-state index is -0.299. The third-order valence-electron chi connectivity index (χ3n) is 4.13. The molecule has 3 rings (SSSR count). The second kappa shape index (κ2) is 7.65. The van der Waals surface area contributed by atoms with E-state index in [4.69, 9.17) is 4.74 Å². The molecule has 0 saturated carbocycles. The second-order valence-corrected chi connectivity index (χ2v) is 5.83. The molecule has 1 amide bonds. The molecule has 2 N–H and O–H groups in total. The topological polar surface area (TPSA) is 76.1 Å². The smallest absolute Gasteiger partial charge is 0.260 e. The van der Waals surface area contributed by atoms with Gasteiger partial charge < -0.3 is 15.4 Å². The third kappa shape index (κ3) is 3.80. The summed E-state index contributed by atoms with van der Waals surface area (Å²) in [5.74, 6) is 1.18. The summed E-state index contributed by atoms with van der Waals surface area (Å²) in [5.41, 5.74) is 3.77. The lowest BCUT2D eigenvalue weighted by molar-refractivity contribution is 0.102. The Hall–Kier alpha value is -3.41. The molecular weight excluding hydrogens is 328 g/mol. The highest BCUT2D eigenvalue weighted by Gasteiger charge is 2.12. The molecule has 0 radical (unpaired) electrons. The zero-order valence-corrected chi connectivity index (χ0v) is 14.9. The van der Waals surface area contributed by atoms with Crippen LogP contribution < -0.4 is 15.4 Å². The van der Waals surface area contributed by atoms with Crippen LogP contribution in [0.15, 0.2) is 54.6 Å². The van der Waals surface area contributed by atoms with Gasteiger partial charge in [0.15, 0.2) is 11.6 Å². The summed E-state index contributed by atoms with van der Waals surface area (Å²) in [4.78, 5) is 12.4. The van der Waals surface area contributed by atoms with Gasteiger partial charge in [0.25, 0.3) is 5.91 Å². The van der Waals surface area contributed by atoms with Gasteiger partial charge in [-0.05, 0) is 55.3 Å². The number of amides is 1. The van der Waals surface area contributed by atoms with Gasteiger partial charge in [0.05, 0.1) is 12.7 Å². The van der Waals surface area contributed by atoms with E-state index in [9.17, 15) is 4.79 Å². The van der Waals surface area contributed by atoms with Gasteiger partial charge in [-0.15, -0.1) is 10.2 Å². The Morgan fingerprint density at radius 3 is 2.38 bits per heavy atom. The van der Waals surface area contributed by atoms with E-state index < -0.39 is 0 Å². The molecule has 0 fully saturated rings. The van der Waals surface area contributed by atoms with Crippen LogP contribution in [0.25, 0.3) is 0 Å². The van der Waals surface area contributed by atoms with Gasteiger partial charge in [-0.3, -0.25) is 4.79 Å². The number of rotatable bonds is 5. The molecule has 3 aromatic rings. The number of para-hydroxylation sites is 1. The van der Waals surface area contributed by atoms with Gasteiger partial charge in [-0.2, -0.15) is 0 Å². The monoisotopic (exact) mass is 348 g/mol. The lowest BCUT2D eigenvalue weighted by Crippen LogP contribution is -2.14. The Labute approximate surface area is 152 Å². The first kappa shape index (κ1) is 17.4. The van der Waals surface area contributed by atoms with Gasteiger partial charge >= 0.3 is 0 Å². The maximum absolute atomic E-state index is 12.4. The highest BCUT2D eigenvalue weighted by molar-refractivity contribution is 6.05. The predicted octanol–water partition coefficient (Wildman–Crippen LogP) is 4.10. The standard InChI is InChI=1S/C20H20N4O2/c1-13-7-6-9-16(14(13)2)21-18-11-12-19(24-23-18)22-20(25)15-8-4-5-10-17(15)26-3/h4-12H,1-3H3,(H,21,23)(H,22,24,25). The van der Waals surface area contributed by atoms with Crippen LogP contribution in [-0.2, 0) is 0 Å². The van der Waals surface area contributed by atoms with E-state index in [0.29, 0.717) is 22.9 Å². The maximum atomic E-state index is 12.4. The number of nitrogens with one attached hydrogen (secondary N) is 2. The van der Waals surface area contributed by atoms with Crippen molar-refractivity contribution in [2.24, 2.45) is 0 Å². The molecule has 132 valence electrons. The molecule has 26 heavy (non-hydrogen) atoms. The van der Waals surface area contributed by atoms with Crippen molar-refractivity contribution in [3.63, 3.8) is 0 Å². The number of hydrogen-bond acceptors (Lipinski definition) is 5. The van der Waals surface area contributed by atoms with Gasteiger partial charge in [0.1, 0.15) is 5.75 Å². The molecule has 0 aliphatic rings. The molecule has 0 unspecified atom stereocenters. The van der Waals surface area contributed by atoms with E-state index >= 15 is 0 Å². The first-order chi connectivity index (χ1) is 12.6. The fraction of sp³-hybridized carbons (Fsp3) is 0.150. The lowest BCUT2D eigenvalue weighted by atomic mass is 10.1. The summed E-state index contributed by atoms with van der Waals surface area (Å²) in [6.45, 7) is 4.11. The Kier molecular flexibility index (Phi) is 5.12. The number of methoxy groups -OCH3 is 1. The summed E-state index contributed by atoms with van der Waals surface area (Å²) in [5, 5.41) is 14.2. The van der Waals surface area contributed by atoms with Crippen LogP contribution in [0.4, 0.5) is 17.3 Å². The molecule has 0 bridgehead atoms. The predicted molar refractivity (Wildman–Crippen MR) is 102 cm³/mol. The summed E-state index contributed by atoms with van der Waals surface area (Å²) >= 11 is 0. The number of anilines is 3. The summed E-state index contributed by atoms with van der Waals surface area (Å²) in [6.07, 6.45) is 0. The van der Waals surface area contributed by atoms with Crippen LogP contribution >= 0.6 is 0 Å². The second-order valence-electron chi connectivity index (χ2n) is 5.83. The number of hydrogen-bond donors (Lipinski definition) is 2. The first-order valence-electron chi connectivity index (χ1n) is 8.20. The highest BCUT2D eigenvalue weighted by Crippen LogP contribution is 2.22. The number of nitrogens with zero attached hydrogens (tertiary/aromatic N) is 2. The van der Waals surface area contributed by atoms with Crippen LogP contribution in [0.5, 0.6) is 5.75 Å². The van der Waals surface area contributed by atoms with Crippen molar-refractivity contribution >= 4 is 23.2 Å². The highest BCUT2D eigenvalue weighted by atomic mass is 16.5. The van der Waals surface area contributed by atoms with Crippen molar-refractivity contribution in [3.8, 4) is 5.75 Å². The summed E-state index contributed by atoms with van der Waals surface area (Å²) < 4.78 is 5.20. The van der Waals surface area contributed by atoms with E-state index in [-0.39, 0.29) is 5.91 Å². The zero-order valence-electron chi connectivity index (χ0n) is 14.9. The number of carbonyl (C=O) groups excluding carboxylic acids is 1. The number of ether oxygens (including phenoxy) is 1. The van der Waals surface area contributed by atoms with Gasteiger partial charge in [-0.1, -0.05) is 24.3 Å². The van der Waals surface area contributed by atoms with Gasteiger partial charge in [0, 0.05) is 5.69 Å². The average Bonchev–Trinajstić information content (AvgIpc) is 2.67. The molecule has 0 atom stereocenters. The molecule has 0 saturated heterocycles. The Balaban J connectivity index is 1.71. The first-order valence-corrected chi connectivity index (χ1v) is 8.20. The van der Waals surface area contributed by atoms with Gasteiger partial charge in [0.2, 0.25) is 0 Å². The van der Waals surface area contributed by atoms with Crippen LogP contribution in [-0.4, -0.2) is 23.2 Å². The Morgan fingerprint density at radius 2 is 1.65 bits per heavy atom. The van der Waals surface area contributed by atoms with Crippen molar-refractivity contribution in [2.75, 3.05) is 17.7 Å². The van der Waals surface area contributed by atoms with E-state index in [1.165, 1.54) is 12.7 Å². The average molecular weight is 348 g/mol. The van der Waals surface area contributed by atoms with Crippen LogP contribution in [0.2, 0.25) is 0 Å². The minimum Gasteiger partial charge on any atom is -0.496 e. The van der Waals surface area contributed by atoms with E-state index in [1.54, 1.807) is 30.3 Å². The summed E-state index contributed by atoms with van der Waals surface area (Å²) in [6, 6.07) is 16.5. The van der Waals surface area contributed by atoms with Crippen LogP contribution in [0.3, 0.4) is 0 Å². The third-order valence-corrected chi connectivity index (χ3v) is 4.13. The molecule has 0 aliphatic heterocycles. The lowest BCUT2D eigenvalue weighted by Gasteiger charge is -2.11. The van der Waals surface area contributed by atoms with Crippen molar-refractivity contribution < 1.29 is 9.53 Å². The molecule has 2 aromatic carbocycles. The number of benzene rings is 2. The quantitative estimate of drug-likeness (QED) is 0.726. The molecule has 0 spiro atoms. The molecular formula is C20H20N4O2. The van der Waals surface area contributed by atoms with E-state index in [2.05, 4.69) is 33.8 Å². The van der Waals surface area contributed by atoms with Crippen LogP contribution in [0.1, 0.15) is 21.5 Å². The zero-order chi connectivity index (χ0) is 18.5. The molecule has 1 aromatic heterocycles. The Morgan fingerprint density at radius 1 is 0.923 bits per heavy atom. The van der Waals surface area contributed by atoms with Crippen LogP contribution in [0, 0.1) is 13.8 Å². The fourth-order valence-electron chi connectivity index (χ4n) is 2.51. The van der Waals surface area contributed by atoms with E-state index in [1.807, 2.05) is 25.1 Å². The number of aryl methyl sites for hydroxylation is 1. The van der Waals surface area contributed by atoms with E-state index in [0.717, 1.165) is 11.3 Å². The SMILES string of the molecule is COc1ccccc1C(=O)Nc1ccc(Nc2cccc(C)c2C)nn1. The number of aromatic nitrogens is 2. The van der Waals surface area contributed by atoms with Gasteiger partial charge in [-0.25, -0.2) is 0 Å². The maximum Gasteiger partial charge on any atom is 0.260 e. The Bertz CT molecular complexity index is 923. The van der Waals surface area contributed by atoms with Crippen molar-refractivity contribution in [1.29, 1.82) is 0 Å². The van der Waals surface area contributed by atoms with Crippen molar-refractivity contribution in [1.82, 2.24) is 10.2 Å². The normalized spacial score (nSPS) is 10.3. The molecule has 6 nitrogen and oxygen atoms in total. The van der Waals surface area contributed by atoms with Crippen molar-refractivity contribution in [2.45, 2.75) is 13.8 Å². The molecule has 1 heterocycles.